The summed E-state index contributed by atoms with van der Waals surface area (Å²) in [6, 6.07) is 15.7. The monoisotopic (exact) mass is 491 g/mol. The van der Waals surface area contributed by atoms with E-state index < -0.39 is 21.8 Å². The zero-order valence-electron chi connectivity index (χ0n) is 16.9. The van der Waals surface area contributed by atoms with Gasteiger partial charge in [0.15, 0.2) is 17.5 Å². The number of rotatable bonds is 4. The maximum absolute atomic E-state index is 13.3. The molecule has 0 saturated heterocycles. The molecule has 0 bridgehead atoms. The fourth-order valence-corrected chi connectivity index (χ4v) is 3.84. The molecule has 1 aromatic heterocycles. The van der Waals surface area contributed by atoms with Crippen molar-refractivity contribution in [3.63, 3.8) is 0 Å². The molecule has 0 fully saturated rings. The SMILES string of the molecule is COc1ccc(-c2nc(-c3ccccc3)nc(-c3cc(Cl)c(C(F)(F)F)c(Cl)c3)n2)c(O)c1. The van der Waals surface area contributed by atoms with Crippen molar-refractivity contribution in [3.05, 3.63) is 76.3 Å². The van der Waals surface area contributed by atoms with E-state index in [4.69, 9.17) is 27.9 Å². The Labute approximate surface area is 196 Å². The van der Waals surface area contributed by atoms with E-state index in [1.165, 1.54) is 13.2 Å². The van der Waals surface area contributed by atoms with Crippen LogP contribution in [0.1, 0.15) is 5.56 Å². The van der Waals surface area contributed by atoms with Gasteiger partial charge in [0.1, 0.15) is 11.5 Å². The van der Waals surface area contributed by atoms with Gasteiger partial charge in [-0.15, -0.1) is 0 Å². The van der Waals surface area contributed by atoms with Crippen LogP contribution in [0, 0.1) is 0 Å². The largest absolute Gasteiger partial charge is 0.507 e. The van der Waals surface area contributed by atoms with Crippen LogP contribution in [0.3, 0.4) is 0 Å². The highest BCUT2D eigenvalue weighted by Crippen LogP contribution is 2.42. The van der Waals surface area contributed by atoms with Crippen LogP contribution in [0.4, 0.5) is 13.2 Å². The third-order valence-corrected chi connectivity index (χ3v) is 5.29. The minimum absolute atomic E-state index is 0.0339. The first-order valence-corrected chi connectivity index (χ1v) is 10.2. The molecular weight excluding hydrogens is 478 g/mol. The highest BCUT2D eigenvalue weighted by atomic mass is 35.5. The van der Waals surface area contributed by atoms with Gasteiger partial charge in [-0.3, -0.25) is 0 Å². The van der Waals surface area contributed by atoms with Crippen molar-refractivity contribution >= 4 is 23.2 Å². The van der Waals surface area contributed by atoms with Gasteiger partial charge in [0.05, 0.1) is 28.3 Å². The summed E-state index contributed by atoms with van der Waals surface area (Å²) >= 11 is 11.8. The van der Waals surface area contributed by atoms with Crippen LogP contribution in [0.15, 0.2) is 60.7 Å². The molecule has 0 aliphatic rings. The van der Waals surface area contributed by atoms with Crippen molar-refractivity contribution in [1.29, 1.82) is 0 Å². The summed E-state index contributed by atoms with van der Waals surface area (Å²) in [4.78, 5) is 13.2. The van der Waals surface area contributed by atoms with Crippen LogP contribution in [0.25, 0.3) is 34.2 Å². The van der Waals surface area contributed by atoms with E-state index in [9.17, 15) is 18.3 Å². The van der Waals surface area contributed by atoms with Crippen molar-refractivity contribution < 1.29 is 23.0 Å². The summed E-state index contributed by atoms with van der Waals surface area (Å²) in [5, 5.41) is 9.30. The van der Waals surface area contributed by atoms with Gasteiger partial charge in [-0.2, -0.15) is 13.2 Å². The topological polar surface area (TPSA) is 68.1 Å². The first-order valence-electron chi connectivity index (χ1n) is 9.43. The van der Waals surface area contributed by atoms with Crippen LogP contribution in [0.2, 0.25) is 10.0 Å². The molecule has 0 unspecified atom stereocenters. The van der Waals surface area contributed by atoms with E-state index in [0.29, 0.717) is 11.3 Å². The summed E-state index contributed by atoms with van der Waals surface area (Å²) in [5.74, 6) is 0.666. The summed E-state index contributed by atoms with van der Waals surface area (Å²) in [6.07, 6.45) is -4.72. The number of phenols is 1. The minimum atomic E-state index is -4.72. The van der Waals surface area contributed by atoms with E-state index in [1.807, 2.05) is 6.07 Å². The Balaban J connectivity index is 1.93. The lowest BCUT2D eigenvalue weighted by atomic mass is 10.1. The molecule has 4 rings (SSSR count). The normalized spacial score (nSPS) is 11.5. The quantitative estimate of drug-likeness (QED) is 0.335. The van der Waals surface area contributed by atoms with Crippen LogP contribution < -0.4 is 4.74 Å². The third kappa shape index (κ3) is 4.72. The summed E-state index contributed by atoms with van der Waals surface area (Å²) in [6.45, 7) is 0. The number of aromatic nitrogens is 3. The Morgan fingerprint density at radius 1 is 0.788 bits per heavy atom. The number of aromatic hydroxyl groups is 1. The van der Waals surface area contributed by atoms with Gasteiger partial charge in [-0.1, -0.05) is 53.5 Å². The highest BCUT2D eigenvalue weighted by Gasteiger charge is 2.36. The van der Waals surface area contributed by atoms with Crippen LogP contribution >= 0.6 is 23.2 Å². The number of phenolic OH excluding ortho intramolecular Hbond substituents is 1. The number of halogens is 5. The fourth-order valence-electron chi connectivity index (χ4n) is 3.14. The standard InChI is InChI=1S/C23H14Cl2F3N3O2/c1-33-14-7-8-15(18(32)11-14)22-30-20(12-5-3-2-4-6-12)29-21(31-22)13-9-16(24)19(17(25)10-13)23(26,27)28/h2-11,32H,1H3. The smallest absolute Gasteiger partial charge is 0.419 e. The Morgan fingerprint density at radius 3 is 1.91 bits per heavy atom. The number of ether oxygens (including phenoxy) is 1. The van der Waals surface area contributed by atoms with E-state index in [1.54, 1.807) is 36.4 Å². The van der Waals surface area contributed by atoms with Gasteiger partial charge in [-0.25, -0.2) is 15.0 Å². The number of hydrogen-bond acceptors (Lipinski definition) is 5. The molecule has 10 heteroatoms. The fraction of sp³-hybridized carbons (Fsp3) is 0.0870. The number of methoxy groups -OCH3 is 1. The average Bonchev–Trinajstić information content (AvgIpc) is 2.77. The molecule has 0 aliphatic heterocycles. The Kier molecular flexibility index (Phi) is 6.14. The third-order valence-electron chi connectivity index (χ3n) is 4.70. The predicted molar refractivity (Wildman–Crippen MR) is 119 cm³/mol. The maximum Gasteiger partial charge on any atom is 0.419 e. The number of nitrogens with zero attached hydrogens (tertiary/aromatic N) is 3. The molecule has 1 N–H and O–H groups in total. The minimum Gasteiger partial charge on any atom is -0.507 e. The predicted octanol–water partition coefficient (Wildman–Crippen LogP) is 6.91. The molecule has 1 heterocycles. The van der Waals surface area contributed by atoms with E-state index >= 15 is 0 Å². The molecule has 0 amide bonds. The first kappa shape index (κ1) is 22.8. The van der Waals surface area contributed by atoms with Gasteiger partial charge >= 0.3 is 6.18 Å². The number of hydrogen-bond donors (Lipinski definition) is 1. The molecular formula is C23H14Cl2F3N3O2. The van der Waals surface area contributed by atoms with Crippen LogP contribution in [-0.4, -0.2) is 27.2 Å². The van der Waals surface area contributed by atoms with E-state index in [-0.39, 0.29) is 34.3 Å². The molecule has 0 radical (unpaired) electrons. The lowest BCUT2D eigenvalue weighted by Crippen LogP contribution is -2.07. The zero-order valence-corrected chi connectivity index (χ0v) is 18.4. The molecule has 0 atom stereocenters. The Morgan fingerprint density at radius 2 is 1.36 bits per heavy atom. The Bertz CT molecular complexity index is 1310. The summed E-state index contributed by atoms with van der Waals surface area (Å²) in [5.41, 5.74) is -0.0629. The Hall–Kier alpha value is -3.36. The van der Waals surface area contributed by atoms with Crippen molar-refractivity contribution in [2.24, 2.45) is 0 Å². The van der Waals surface area contributed by atoms with Gasteiger partial charge in [0, 0.05) is 17.2 Å². The van der Waals surface area contributed by atoms with Crippen molar-refractivity contribution in [2.75, 3.05) is 7.11 Å². The molecule has 0 aliphatic carbocycles. The number of alkyl halides is 3. The van der Waals surface area contributed by atoms with Crippen molar-refractivity contribution in [1.82, 2.24) is 15.0 Å². The van der Waals surface area contributed by atoms with Gasteiger partial charge < -0.3 is 9.84 Å². The molecule has 0 spiro atoms. The lowest BCUT2D eigenvalue weighted by Gasteiger charge is -2.14. The zero-order chi connectivity index (χ0) is 23.8. The van der Waals surface area contributed by atoms with E-state index in [2.05, 4.69) is 15.0 Å². The van der Waals surface area contributed by atoms with Crippen molar-refractivity contribution in [2.45, 2.75) is 6.18 Å². The molecule has 33 heavy (non-hydrogen) atoms. The van der Waals surface area contributed by atoms with Crippen molar-refractivity contribution in [3.8, 4) is 45.7 Å². The van der Waals surface area contributed by atoms with Gasteiger partial charge in [-0.05, 0) is 24.3 Å². The highest BCUT2D eigenvalue weighted by molar-refractivity contribution is 6.36. The second-order valence-corrected chi connectivity index (χ2v) is 7.68. The van der Waals surface area contributed by atoms with E-state index in [0.717, 1.165) is 12.1 Å². The molecule has 4 aromatic rings. The van der Waals surface area contributed by atoms with Gasteiger partial charge in [0.2, 0.25) is 0 Å². The molecule has 0 saturated carbocycles. The second-order valence-electron chi connectivity index (χ2n) is 6.87. The molecule has 5 nitrogen and oxygen atoms in total. The first-order chi connectivity index (χ1) is 15.7. The second kappa shape index (κ2) is 8.88. The van der Waals surface area contributed by atoms with Crippen LogP contribution in [-0.2, 0) is 6.18 Å². The summed E-state index contributed by atoms with van der Waals surface area (Å²) in [7, 11) is 1.46. The van der Waals surface area contributed by atoms with Gasteiger partial charge in [0.25, 0.3) is 0 Å². The molecule has 168 valence electrons. The van der Waals surface area contributed by atoms with Crippen LogP contribution in [0.5, 0.6) is 11.5 Å². The lowest BCUT2D eigenvalue weighted by molar-refractivity contribution is -0.137. The summed E-state index contributed by atoms with van der Waals surface area (Å²) < 4.78 is 44.9. The number of benzene rings is 3. The average molecular weight is 492 g/mol. The maximum atomic E-state index is 13.3. The molecule has 3 aromatic carbocycles.